The Hall–Kier alpha value is -3.15. The van der Waals surface area contributed by atoms with E-state index in [-0.39, 0.29) is 24.3 Å². The minimum atomic E-state index is -0.648. The molecule has 1 amide bonds. The van der Waals surface area contributed by atoms with E-state index in [9.17, 15) is 14.0 Å². The standard InChI is InChI=1S/C24H26FNO4/c1-5-22(27)29-21-9-7-6-8-17(21)15-26(23(28)30-24(2,3)4)20-14-19(20)16-10-12-18(25)13-11-16/h5-13,19-20H,1,14-15H2,2-4H3. The van der Waals surface area contributed by atoms with Crippen molar-refractivity contribution in [3.05, 3.63) is 78.1 Å². The van der Waals surface area contributed by atoms with Crippen LogP contribution in [0.1, 0.15) is 44.2 Å². The molecular formula is C24H26FNO4. The summed E-state index contributed by atoms with van der Waals surface area (Å²) in [5.41, 5.74) is 1.01. The van der Waals surface area contributed by atoms with E-state index in [4.69, 9.17) is 9.47 Å². The normalized spacial score (nSPS) is 17.7. The zero-order valence-electron chi connectivity index (χ0n) is 17.4. The van der Waals surface area contributed by atoms with Crippen LogP contribution >= 0.6 is 0 Å². The van der Waals surface area contributed by atoms with Gasteiger partial charge in [-0.25, -0.2) is 14.0 Å². The van der Waals surface area contributed by atoms with Gasteiger partial charge >= 0.3 is 12.1 Å². The van der Waals surface area contributed by atoms with Crippen LogP contribution in [0.2, 0.25) is 0 Å². The minimum absolute atomic E-state index is 0.0894. The van der Waals surface area contributed by atoms with Gasteiger partial charge in [0.25, 0.3) is 0 Å². The molecule has 0 spiro atoms. The zero-order chi connectivity index (χ0) is 21.9. The second-order valence-electron chi connectivity index (χ2n) is 8.30. The molecule has 30 heavy (non-hydrogen) atoms. The van der Waals surface area contributed by atoms with Crippen LogP contribution in [0.25, 0.3) is 0 Å². The highest BCUT2D eigenvalue weighted by Crippen LogP contribution is 2.46. The third kappa shape index (κ3) is 5.47. The highest BCUT2D eigenvalue weighted by molar-refractivity contribution is 5.83. The maximum Gasteiger partial charge on any atom is 0.410 e. The van der Waals surface area contributed by atoms with Gasteiger partial charge < -0.3 is 14.4 Å². The quantitative estimate of drug-likeness (QED) is 0.372. The number of carbonyl (C=O) groups is 2. The topological polar surface area (TPSA) is 55.8 Å². The first kappa shape index (κ1) is 21.6. The first-order chi connectivity index (χ1) is 14.2. The predicted molar refractivity (Wildman–Crippen MR) is 112 cm³/mol. The Bertz CT molecular complexity index is 933. The van der Waals surface area contributed by atoms with Gasteiger partial charge in [0.15, 0.2) is 0 Å². The largest absolute Gasteiger partial charge is 0.444 e. The van der Waals surface area contributed by atoms with E-state index >= 15 is 0 Å². The number of ether oxygens (including phenoxy) is 2. The Kier molecular flexibility index (Phi) is 6.25. The van der Waals surface area contributed by atoms with Crippen molar-refractivity contribution in [2.24, 2.45) is 0 Å². The second kappa shape index (κ2) is 8.69. The molecule has 158 valence electrons. The van der Waals surface area contributed by atoms with Crippen molar-refractivity contribution in [1.82, 2.24) is 4.90 Å². The summed E-state index contributed by atoms with van der Waals surface area (Å²) in [6, 6.07) is 13.3. The maximum absolute atomic E-state index is 13.3. The van der Waals surface area contributed by atoms with E-state index < -0.39 is 17.7 Å². The summed E-state index contributed by atoms with van der Waals surface area (Å²) in [6.45, 7) is 9.08. The lowest BCUT2D eigenvalue weighted by molar-refractivity contribution is -0.129. The van der Waals surface area contributed by atoms with Crippen LogP contribution in [0.3, 0.4) is 0 Å². The van der Waals surface area contributed by atoms with Crippen molar-refractivity contribution >= 4 is 12.1 Å². The average molecular weight is 411 g/mol. The van der Waals surface area contributed by atoms with Crippen molar-refractivity contribution in [1.29, 1.82) is 0 Å². The summed E-state index contributed by atoms with van der Waals surface area (Å²) in [7, 11) is 0. The number of rotatable bonds is 6. The number of nitrogens with zero attached hydrogens (tertiary/aromatic N) is 1. The van der Waals surface area contributed by atoms with Crippen molar-refractivity contribution in [3.63, 3.8) is 0 Å². The molecule has 0 bridgehead atoms. The number of carbonyl (C=O) groups excluding carboxylic acids is 2. The van der Waals surface area contributed by atoms with Gasteiger partial charge in [-0.05, 0) is 51.0 Å². The van der Waals surface area contributed by atoms with Crippen molar-refractivity contribution in [2.75, 3.05) is 0 Å². The van der Waals surface area contributed by atoms with Gasteiger partial charge in [0.05, 0.1) is 6.54 Å². The Morgan fingerprint density at radius 3 is 2.47 bits per heavy atom. The molecule has 5 nitrogen and oxygen atoms in total. The van der Waals surface area contributed by atoms with E-state index in [0.29, 0.717) is 11.3 Å². The maximum atomic E-state index is 13.3. The Morgan fingerprint density at radius 1 is 1.17 bits per heavy atom. The number of para-hydroxylation sites is 1. The van der Waals surface area contributed by atoms with Gasteiger partial charge in [0.1, 0.15) is 17.2 Å². The molecule has 1 fully saturated rings. The minimum Gasteiger partial charge on any atom is -0.444 e. The molecule has 1 saturated carbocycles. The number of hydrogen-bond acceptors (Lipinski definition) is 4. The molecule has 2 unspecified atom stereocenters. The van der Waals surface area contributed by atoms with Crippen LogP contribution in [-0.4, -0.2) is 28.6 Å². The van der Waals surface area contributed by atoms with Crippen LogP contribution in [0.4, 0.5) is 9.18 Å². The molecular weight excluding hydrogens is 385 g/mol. The molecule has 0 aromatic heterocycles. The summed E-state index contributed by atoms with van der Waals surface area (Å²) in [5, 5.41) is 0. The monoisotopic (exact) mass is 411 g/mol. The molecule has 2 aromatic carbocycles. The van der Waals surface area contributed by atoms with E-state index in [1.807, 2.05) is 26.8 Å². The highest BCUT2D eigenvalue weighted by atomic mass is 19.1. The molecule has 6 heteroatoms. The summed E-state index contributed by atoms with van der Waals surface area (Å²) in [5.74, 6) is -0.393. The SMILES string of the molecule is C=CC(=O)Oc1ccccc1CN(C(=O)OC(C)(C)C)C1CC1c1ccc(F)cc1. The van der Waals surface area contributed by atoms with Crippen molar-refractivity contribution in [2.45, 2.75) is 51.3 Å². The summed E-state index contributed by atoms with van der Waals surface area (Å²) in [6.07, 6.45) is 1.40. The van der Waals surface area contributed by atoms with Crippen LogP contribution < -0.4 is 4.74 Å². The second-order valence-corrected chi connectivity index (χ2v) is 8.30. The Labute approximate surface area is 176 Å². The number of hydrogen-bond donors (Lipinski definition) is 0. The van der Waals surface area contributed by atoms with E-state index in [2.05, 4.69) is 6.58 Å². The van der Waals surface area contributed by atoms with Crippen LogP contribution in [0, 0.1) is 5.82 Å². The fraction of sp³-hybridized carbons (Fsp3) is 0.333. The number of benzene rings is 2. The number of halogens is 1. The van der Waals surface area contributed by atoms with E-state index in [1.54, 1.807) is 35.2 Å². The summed E-state index contributed by atoms with van der Waals surface area (Å²) < 4.78 is 24.2. The van der Waals surface area contributed by atoms with Crippen LogP contribution in [0.5, 0.6) is 5.75 Å². The molecule has 0 N–H and O–H groups in total. The first-order valence-electron chi connectivity index (χ1n) is 9.85. The third-order valence-electron chi connectivity index (χ3n) is 4.77. The lowest BCUT2D eigenvalue weighted by atomic mass is 10.1. The van der Waals surface area contributed by atoms with Crippen molar-refractivity contribution < 1.29 is 23.5 Å². The molecule has 1 aliphatic carbocycles. The molecule has 0 radical (unpaired) electrons. The van der Waals surface area contributed by atoms with Crippen LogP contribution in [0.15, 0.2) is 61.2 Å². The van der Waals surface area contributed by atoms with Gasteiger partial charge in [-0.15, -0.1) is 0 Å². The predicted octanol–water partition coefficient (Wildman–Crippen LogP) is 5.21. The highest BCUT2D eigenvalue weighted by Gasteiger charge is 2.46. The van der Waals surface area contributed by atoms with Gasteiger partial charge in [0, 0.05) is 23.6 Å². The van der Waals surface area contributed by atoms with E-state index in [0.717, 1.165) is 18.1 Å². The molecule has 0 aliphatic heterocycles. The fourth-order valence-electron chi connectivity index (χ4n) is 3.30. The average Bonchev–Trinajstić information content (AvgIpc) is 3.46. The smallest absolute Gasteiger partial charge is 0.410 e. The van der Waals surface area contributed by atoms with E-state index in [1.165, 1.54) is 12.1 Å². The third-order valence-corrected chi connectivity index (χ3v) is 4.77. The molecule has 0 saturated heterocycles. The van der Waals surface area contributed by atoms with Gasteiger partial charge in [-0.3, -0.25) is 0 Å². The summed E-state index contributed by atoms with van der Waals surface area (Å²) in [4.78, 5) is 26.3. The molecule has 2 atom stereocenters. The van der Waals surface area contributed by atoms with Crippen molar-refractivity contribution in [3.8, 4) is 5.75 Å². The molecule has 1 aliphatic rings. The molecule has 2 aromatic rings. The zero-order valence-corrected chi connectivity index (χ0v) is 17.4. The summed E-state index contributed by atoms with van der Waals surface area (Å²) >= 11 is 0. The fourth-order valence-corrected chi connectivity index (χ4v) is 3.30. The van der Waals surface area contributed by atoms with Gasteiger partial charge in [0.2, 0.25) is 0 Å². The van der Waals surface area contributed by atoms with Gasteiger partial charge in [-0.1, -0.05) is 36.9 Å². The Morgan fingerprint density at radius 2 is 1.83 bits per heavy atom. The number of amides is 1. The lowest BCUT2D eigenvalue weighted by Crippen LogP contribution is -2.38. The Balaban J connectivity index is 1.85. The lowest BCUT2D eigenvalue weighted by Gasteiger charge is -2.28. The molecule has 0 heterocycles. The van der Waals surface area contributed by atoms with Crippen LogP contribution in [-0.2, 0) is 16.1 Å². The molecule has 3 rings (SSSR count). The van der Waals surface area contributed by atoms with Gasteiger partial charge in [-0.2, -0.15) is 0 Å². The first-order valence-corrected chi connectivity index (χ1v) is 9.85. The number of esters is 1.